The molecule has 2 rings (SSSR count). The second-order valence-corrected chi connectivity index (χ2v) is 5.73. The summed E-state index contributed by atoms with van der Waals surface area (Å²) in [6.07, 6.45) is 0.154. The number of carbonyl (C=O) groups excluding carboxylic acids is 1. The maximum atomic E-state index is 12.9. The first-order valence-corrected chi connectivity index (χ1v) is 7.92. The number of aliphatic carboxylic acids is 1. The summed E-state index contributed by atoms with van der Waals surface area (Å²) >= 11 is 5.13. The lowest BCUT2D eigenvalue weighted by molar-refractivity contribution is -0.305. The minimum Gasteiger partial charge on any atom is -0.550 e. The zero-order chi connectivity index (χ0) is 18.4. The van der Waals surface area contributed by atoms with Crippen LogP contribution in [0.5, 0.6) is 0 Å². The first kappa shape index (κ1) is 18.6. The van der Waals surface area contributed by atoms with Gasteiger partial charge in [-0.05, 0) is 62.8 Å². The van der Waals surface area contributed by atoms with Crippen LogP contribution in [0.4, 0.5) is 10.1 Å². The Labute approximate surface area is 149 Å². The number of hydrazone groups is 1. The van der Waals surface area contributed by atoms with Gasteiger partial charge in [0.2, 0.25) is 0 Å². The van der Waals surface area contributed by atoms with Crippen LogP contribution in [0.15, 0.2) is 39.9 Å². The Hall–Kier alpha value is -2.74. The second-order valence-electron chi connectivity index (χ2n) is 5.32. The Kier molecular flexibility index (Phi) is 6.24. The van der Waals surface area contributed by atoms with Crippen molar-refractivity contribution in [1.29, 1.82) is 0 Å². The molecule has 0 aliphatic heterocycles. The van der Waals surface area contributed by atoms with Crippen LogP contribution in [0.3, 0.4) is 0 Å². The number of aryl methyl sites for hydroxylation is 2. The number of halogens is 1. The van der Waals surface area contributed by atoms with Crippen molar-refractivity contribution < 1.29 is 18.7 Å². The van der Waals surface area contributed by atoms with Crippen LogP contribution in [0, 0.1) is 12.7 Å². The molecule has 6 nitrogen and oxygen atoms in total. The number of nitrogens with one attached hydrogen (secondary N) is 2. The molecule has 0 aliphatic carbocycles. The fraction of sp³-hybridized carbons (Fsp3) is 0.235. The van der Waals surface area contributed by atoms with E-state index in [0.29, 0.717) is 22.9 Å². The number of benzene rings is 1. The summed E-state index contributed by atoms with van der Waals surface area (Å²) in [6.45, 7) is 3.54. The van der Waals surface area contributed by atoms with Crippen molar-refractivity contribution in [1.82, 2.24) is 5.43 Å². The minimum atomic E-state index is -1.13. The largest absolute Gasteiger partial charge is 0.550 e. The second kappa shape index (κ2) is 8.39. The third kappa shape index (κ3) is 5.68. The molecule has 1 aromatic heterocycles. The van der Waals surface area contributed by atoms with Crippen LogP contribution in [-0.4, -0.2) is 16.8 Å². The highest BCUT2D eigenvalue weighted by atomic mass is 32.1. The molecule has 0 saturated heterocycles. The lowest BCUT2D eigenvalue weighted by Gasteiger charge is -2.07. The molecule has 2 N–H and O–H groups in total. The van der Waals surface area contributed by atoms with Gasteiger partial charge in [0.1, 0.15) is 17.3 Å². The average molecular weight is 362 g/mol. The third-order valence-corrected chi connectivity index (χ3v) is 3.55. The molecule has 0 fully saturated rings. The lowest BCUT2D eigenvalue weighted by Crippen LogP contribution is -2.25. The van der Waals surface area contributed by atoms with Crippen LogP contribution in [-0.2, 0) is 11.2 Å². The van der Waals surface area contributed by atoms with Crippen molar-refractivity contribution in [2.45, 2.75) is 26.7 Å². The summed E-state index contributed by atoms with van der Waals surface area (Å²) < 4.78 is 18.4. The predicted molar refractivity (Wildman–Crippen MR) is 94.7 cm³/mol. The van der Waals surface area contributed by atoms with Crippen LogP contribution >= 0.6 is 12.2 Å². The Balaban J connectivity index is 1.97. The van der Waals surface area contributed by atoms with E-state index in [1.165, 1.54) is 12.1 Å². The zero-order valence-corrected chi connectivity index (χ0v) is 14.6. The molecule has 0 bridgehead atoms. The van der Waals surface area contributed by atoms with E-state index in [0.717, 1.165) is 5.56 Å². The van der Waals surface area contributed by atoms with Crippen molar-refractivity contribution in [3.8, 4) is 0 Å². The normalized spacial score (nSPS) is 11.2. The monoisotopic (exact) mass is 362 g/mol. The highest BCUT2D eigenvalue weighted by Gasteiger charge is 2.10. The van der Waals surface area contributed by atoms with E-state index in [1.54, 1.807) is 32.0 Å². The Bertz CT molecular complexity index is 800. The number of carboxylic acid groups (broad SMARTS) is 1. The average Bonchev–Trinajstić information content (AvgIpc) is 2.94. The van der Waals surface area contributed by atoms with Gasteiger partial charge < -0.3 is 19.6 Å². The molecule has 132 valence electrons. The van der Waals surface area contributed by atoms with Crippen molar-refractivity contribution in [3.05, 3.63) is 53.2 Å². The fourth-order valence-corrected chi connectivity index (χ4v) is 2.30. The van der Waals surface area contributed by atoms with Crippen LogP contribution in [0.25, 0.3) is 0 Å². The first-order valence-electron chi connectivity index (χ1n) is 7.51. The number of thiocarbonyl (C=S) groups is 1. The molecule has 0 amide bonds. The van der Waals surface area contributed by atoms with Crippen LogP contribution in [0.2, 0.25) is 0 Å². The molecule has 0 aliphatic rings. The summed E-state index contributed by atoms with van der Waals surface area (Å²) in [4.78, 5) is 10.5. The van der Waals surface area contributed by atoms with Gasteiger partial charge in [-0.3, -0.25) is 5.43 Å². The van der Waals surface area contributed by atoms with E-state index >= 15 is 0 Å². The van der Waals surface area contributed by atoms with Crippen molar-refractivity contribution in [2.75, 3.05) is 5.32 Å². The van der Waals surface area contributed by atoms with E-state index in [1.807, 2.05) is 0 Å². The summed E-state index contributed by atoms with van der Waals surface area (Å²) in [5.74, 6) is -0.268. The third-order valence-electron chi connectivity index (χ3n) is 3.36. The maximum Gasteiger partial charge on any atom is 0.191 e. The van der Waals surface area contributed by atoms with Gasteiger partial charge in [-0.25, -0.2) is 4.39 Å². The molecule has 1 aromatic carbocycles. The number of hydrogen-bond donors (Lipinski definition) is 2. The van der Waals surface area contributed by atoms with Gasteiger partial charge in [0.05, 0.1) is 5.71 Å². The minimum absolute atomic E-state index is 0.105. The number of nitrogens with zero attached hydrogens (tertiary/aromatic N) is 1. The maximum absolute atomic E-state index is 12.9. The summed E-state index contributed by atoms with van der Waals surface area (Å²) in [5, 5.41) is 17.8. The molecule has 0 unspecified atom stereocenters. The Morgan fingerprint density at radius 3 is 2.68 bits per heavy atom. The molecule has 1 heterocycles. The molecule has 0 radical (unpaired) electrons. The smallest absolute Gasteiger partial charge is 0.191 e. The van der Waals surface area contributed by atoms with Gasteiger partial charge in [0, 0.05) is 23.6 Å². The van der Waals surface area contributed by atoms with E-state index in [2.05, 4.69) is 15.8 Å². The molecule has 0 spiro atoms. The number of furan rings is 1. The molecular weight excluding hydrogens is 345 g/mol. The van der Waals surface area contributed by atoms with E-state index in [9.17, 15) is 14.3 Å². The van der Waals surface area contributed by atoms with E-state index < -0.39 is 5.97 Å². The molecular formula is C17H17FN3O3S-. The highest BCUT2D eigenvalue weighted by molar-refractivity contribution is 7.80. The molecule has 0 atom stereocenters. The summed E-state index contributed by atoms with van der Waals surface area (Å²) in [6, 6.07) is 7.51. The molecule has 0 saturated carbocycles. The molecule has 25 heavy (non-hydrogen) atoms. The SMILES string of the molecule is C/C(=N/NC(=S)Nc1ccc(F)cc1)c1cc(CCC(=O)[O-])oc1C. The van der Waals surface area contributed by atoms with Crippen LogP contribution in [0.1, 0.15) is 30.4 Å². The van der Waals surface area contributed by atoms with Crippen molar-refractivity contribution >= 4 is 34.7 Å². The number of carboxylic acids is 1. The van der Waals surface area contributed by atoms with Crippen molar-refractivity contribution in [3.63, 3.8) is 0 Å². The molecule has 8 heteroatoms. The van der Waals surface area contributed by atoms with Crippen LogP contribution < -0.4 is 15.8 Å². The van der Waals surface area contributed by atoms with Gasteiger partial charge >= 0.3 is 0 Å². The highest BCUT2D eigenvalue weighted by Crippen LogP contribution is 2.17. The van der Waals surface area contributed by atoms with E-state index in [-0.39, 0.29) is 23.8 Å². The number of hydrogen-bond acceptors (Lipinski definition) is 5. The summed E-state index contributed by atoms with van der Waals surface area (Å²) in [5.41, 5.74) is 4.72. The molecule has 2 aromatic rings. The fourth-order valence-electron chi connectivity index (χ4n) is 2.14. The lowest BCUT2D eigenvalue weighted by atomic mass is 10.1. The number of carbonyl (C=O) groups is 1. The van der Waals surface area contributed by atoms with Gasteiger partial charge in [0.15, 0.2) is 5.11 Å². The topological polar surface area (TPSA) is 89.7 Å². The van der Waals surface area contributed by atoms with E-state index in [4.69, 9.17) is 16.6 Å². The van der Waals surface area contributed by atoms with Gasteiger partial charge in [-0.1, -0.05) is 0 Å². The van der Waals surface area contributed by atoms with Gasteiger partial charge in [0.25, 0.3) is 0 Å². The predicted octanol–water partition coefficient (Wildman–Crippen LogP) is 2.12. The Morgan fingerprint density at radius 2 is 2.04 bits per heavy atom. The first-order chi connectivity index (χ1) is 11.8. The standard InChI is InChI=1S/C17H18FN3O3S/c1-10(15-9-14(24-11(15)2)7-8-16(22)23)20-21-17(25)19-13-5-3-12(18)4-6-13/h3-6,9H,7-8H2,1-2H3,(H,22,23)(H2,19,21,25)/p-1/b20-10-. The van der Waals surface area contributed by atoms with Crippen molar-refractivity contribution in [2.24, 2.45) is 5.10 Å². The van der Waals surface area contributed by atoms with Gasteiger partial charge in [-0.2, -0.15) is 5.10 Å². The van der Waals surface area contributed by atoms with Gasteiger partial charge in [-0.15, -0.1) is 0 Å². The number of anilines is 1. The zero-order valence-electron chi connectivity index (χ0n) is 13.8. The quantitative estimate of drug-likeness (QED) is 0.465. The number of rotatable bonds is 6. The Morgan fingerprint density at radius 1 is 1.36 bits per heavy atom. The summed E-state index contributed by atoms with van der Waals surface area (Å²) in [7, 11) is 0.